The highest BCUT2D eigenvalue weighted by Gasteiger charge is 2.14. The summed E-state index contributed by atoms with van der Waals surface area (Å²) in [5.74, 6) is -0.864. The third kappa shape index (κ3) is 1.55. The van der Waals surface area contributed by atoms with E-state index in [0.29, 0.717) is 5.56 Å². The number of H-pyrrole nitrogens is 1. The first-order chi connectivity index (χ1) is 6.68. The van der Waals surface area contributed by atoms with Crippen LogP contribution in [0.4, 0.5) is 13.2 Å². The molecule has 2 aromatic rings. The van der Waals surface area contributed by atoms with E-state index in [0.717, 1.165) is 17.8 Å². The molecule has 0 aliphatic rings. The number of aromatic nitrogens is 1. The highest BCUT2D eigenvalue weighted by Crippen LogP contribution is 2.27. The zero-order chi connectivity index (χ0) is 10.1. The molecule has 0 amide bonds. The van der Waals surface area contributed by atoms with Crippen LogP contribution in [0.5, 0.6) is 0 Å². The highest BCUT2D eigenvalue weighted by atomic mass is 32.1. The molecule has 0 radical (unpaired) electrons. The normalized spacial score (nSPS) is 11.1. The van der Waals surface area contributed by atoms with Crippen molar-refractivity contribution in [3.8, 4) is 11.3 Å². The maximum Gasteiger partial charge on any atom is 0.266 e. The van der Waals surface area contributed by atoms with E-state index in [4.69, 9.17) is 0 Å². The maximum absolute atomic E-state index is 13.1. The van der Waals surface area contributed by atoms with Crippen molar-refractivity contribution >= 4 is 11.5 Å². The Bertz CT molecular complexity index is 424. The third-order valence-electron chi connectivity index (χ3n) is 1.89. The molecule has 0 spiro atoms. The van der Waals surface area contributed by atoms with Gasteiger partial charge in [-0.15, -0.1) is 0 Å². The Labute approximate surface area is 82.3 Å². The first-order valence-electron chi connectivity index (χ1n) is 3.88. The van der Waals surface area contributed by atoms with Crippen LogP contribution in [-0.4, -0.2) is 4.37 Å². The standard InChI is InChI=1S/C9H6F3NS/c10-7-3-5(8-4-14-13-8)1-2-6(7)9(11)12/h1-4,9,13H. The third-order valence-corrected chi connectivity index (χ3v) is 2.58. The molecule has 1 N–H and O–H groups in total. The molecule has 0 fully saturated rings. The molecule has 0 unspecified atom stereocenters. The molecule has 74 valence electrons. The van der Waals surface area contributed by atoms with Crippen LogP contribution < -0.4 is 0 Å². The molecule has 1 heterocycles. The first-order valence-corrected chi connectivity index (χ1v) is 4.76. The summed E-state index contributed by atoms with van der Waals surface area (Å²) in [7, 11) is 0. The minimum atomic E-state index is -2.76. The van der Waals surface area contributed by atoms with Crippen LogP contribution >= 0.6 is 11.5 Å². The van der Waals surface area contributed by atoms with Gasteiger partial charge in [-0.1, -0.05) is 17.6 Å². The fraction of sp³-hybridized carbons (Fsp3) is 0.111. The van der Waals surface area contributed by atoms with Crippen molar-refractivity contribution in [1.82, 2.24) is 4.37 Å². The van der Waals surface area contributed by atoms with E-state index in [9.17, 15) is 13.2 Å². The number of hydrogen-bond donors (Lipinski definition) is 1. The fourth-order valence-corrected chi connectivity index (χ4v) is 1.61. The Hall–Kier alpha value is -1.23. The number of alkyl halides is 2. The average Bonchev–Trinajstić information content (AvgIpc) is 2.00. The number of hydrogen-bond acceptors (Lipinski definition) is 1. The molecule has 14 heavy (non-hydrogen) atoms. The van der Waals surface area contributed by atoms with Crippen molar-refractivity contribution in [1.29, 1.82) is 0 Å². The quantitative estimate of drug-likeness (QED) is 0.787. The molecule has 0 aliphatic heterocycles. The summed E-state index contributed by atoms with van der Waals surface area (Å²) >= 11 is 1.37. The second-order valence-electron chi connectivity index (χ2n) is 2.79. The van der Waals surface area contributed by atoms with Gasteiger partial charge in [0.15, 0.2) is 0 Å². The van der Waals surface area contributed by atoms with E-state index in [2.05, 4.69) is 4.37 Å². The van der Waals surface area contributed by atoms with Gasteiger partial charge >= 0.3 is 0 Å². The molecule has 1 aromatic heterocycles. The Morgan fingerprint density at radius 3 is 2.43 bits per heavy atom. The summed E-state index contributed by atoms with van der Waals surface area (Å²) in [6.45, 7) is 0. The van der Waals surface area contributed by atoms with Gasteiger partial charge in [0.05, 0.1) is 11.3 Å². The van der Waals surface area contributed by atoms with Crippen LogP contribution in [-0.2, 0) is 0 Å². The van der Waals surface area contributed by atoms with E-state index >= 15 is 0 Å². The average molecular weight is 217 g/mol. The summed E-state index contributed by atoms with van der Waals surface area (Å²) in [5, 5.41) is 1.79. The summed E-state index contributed by atoms with van der Waals surface area (Å²) in [4.78, 5) is 0. The van der Waals surface area contributed by atoms with E-state index in [1.165, 1.54) is 17.6 Å². The topological polar surface area (TPSA) is 15.8 Å². The molecular weight excluding hydrogens is 211 g/mol. The largest absolute Gasteiger partial charge is 0.310 e. The molecule has 0 aliphatic carbocycles. The van der Waals surface area contributed by atoms with Crippen LogP contribution in [0.1, 0.15) is 12.0 Å². The van der Waals surface area contributed by atoms with Gasteiger partial charge in [-0.05, 0) is 12.1 Å². The minimum Gasteiger partial charge on any atom is -0.310 e. The smallest absolute Gasteiger partial charge is 0.266 e. The molecule has 0 saturated heterocycles. The lowest BCUT2D eigenvalue weighted by Crippen LogP contribution is -1.92. The number of rotatable bonds is 2. The molecule has 1 nitrogen and oxygen atoms in total. The van der Waals surface area contributed by atoms with Gasteiger partial charge in [-0.25, -0.2) is 13.2 Å². The minimum absolute atomic E-state index is 0.554. The second-order valence-corrected chi connectivity index (χ2v) is 3.46. The van der Waals surface area contributed by atoms with Gasteiger partial charge in [0.1, 0.15) is 5.82 Å². The lowest BCUT2D eigenvalue weighted by molar-refractivity contribution is 0.146. The van der Waals surface area contributed by atoms with Crippen molar-refractivity contribution < 1.29 is 13.2 Å². The maximum atomic E-state index is 13.1. The van der Waals surface area contributed by atoms with Crippen LogP contribution in [0.15, 0.2) is 23.6 Å². The Kier molecular flexibility index (Phi) is 2.33. The predicted octanol–water partition coefficient (Wildman–Crippen LogP) is 3.82. The summed E-state index contributed by atoms with van der Waals surface area (Å²) in [5.41, 5.74) is 0.793. The van der Waals surface area contributed by atoms with Gasteiger partial charge < -0.3 is 4.37 Å². The number of benzene rings is 1. The predicted molar refractivity (Wildman–Crippen MR) is 49.0 cm³/mol. The van der Waals surface area contributed by atoms with Crippen LogP contribution in [0.2, 0.25) is 0 Å². The zero-order valence-corrected chi connectivity index (χ0v) is 7.75. The van der Waals surface area contributed by atoms with Crippen molar-refractivity contribution in [2.24, 2.45) is 0 Å². The van der Waals surface area contributed by atoms with E-state index in [-0.39, 0.29) is 0 Å². The highest BCUT2D eigenvalue weighted by molar-refractivity contribution is 7.05. The summed E-state index contributed by atoms with van der Waals surface area (Å²) < 4.78 is 40.3. The van der Waals surface area contributed by atoms with Gasteiger partial charge in [0, 0.05) is 10.9 Å². The van der Waals surface area contributed by atoms with Gasteiger partial charge in [0.25, 0.3) is 6.43 Å². The molecule has 1 aromatic carbocycles. The van der Waals surface area contributed by atoms with E-state index in [1.807, 2.05) is 0 Å². The second kappa shape index (κ2) is 3.49. The lowest BCUT2D eigenvalue weighted by atomic mass is 10.1. The van der Waals surface area contributed by atoms with Crippen molar-refractivity contribution in [3.05, 3.63) is 35.0 Å². The molecule has 2 rings (SSSR count). The molecule has 0 saturated carbocycles. The SMILES string of the molecule is Fc1cc(-c2cs[nH]2)ccc1C(F)F. The fourth-order valence-electron chi connectivity index (χ4n) is 1.12. The van der Waals surface area contributed by atoms with Crippen molar-refractivity contribution in [3.63, 3.8) is 0 Å². The Morgan fingerprint density at radius 2 is 2.00 bits per heavy atom. The van der Waals surface area contributed by atoms with E-state index < -0.39 is 17.8 Å². The Balaban J connectivity index is 2.39. The summed E-state index contributed by atoms with van der Waals surface area (Å²) in [6, 6.07) is 3.70. The zero-order valence-electron chi connectivity index (χ0n) is 6.93. The molecular formula is C9H6F3NS. The molecule has 5 heteroatoms. The number of nitrogens with one attached hydrogen (secondary N) is 1. The van der Waals surface area contributed by atoms with Crippen LogP contribution in [0, 0.1) is 5.82 Å². The van der Waals surface area contributed by atoms with Crippen LogP contribution in [0.25, 0.3) is 11.3 Å². The molecule has 0 atom stereocenters. The van der Waals surface area contributed by atoms with E-state index in [1.54, 1.807) is 5.38 Å². The Morgan fingerprint density at radius 1 is 1.29 bits per heavy atom. The van der Waals surface area contributed by atoms with Crippen LogP contribution in [0.3, 0.4) is 0 Å². The van der Waals surface area contributed by atoms with Gasteiger partial charge in [-0.3, -0.25) is 0 Å². The first kappa shape index (κ1) is 9.33. The van der Waals surface area contributed by atoms with Crippen molar-refractivity contribution in [2.45, 2.75) is 6.43 Å². The van der Waals surface area contributed by atoms with Gasteiger partial charge in [0.2, 0.25) is 0 Å². The van der Waals surface area contributed by atoms with Crippen molar-refractivity contribution in [2.75, 3.05) is 0 Å². The van der Waals surface area contributed by atoms with Gasteiger partial charge in [-0.2, -0.15) is 0 Å². The monoisotopic (exact) mass is 217 g/mol. The number of halogens is 3. The molecule has 0 bridgehead atoms. The number of aromatic amines is 1. The lowest BCUT2D eigenvalue weighted by Gasteiger charge is -2.06. The summed E-state index contributed by atoms with van der Waals surface area (Å²) in [6.07, 6.45) is -2.76.